The van der Waals surface area contributed by atoms with Crippen LogP contribution >= 0.6 is 28.1 Å². The molecule has 3 aromatic rings. The molecule has 0 bridgehead atoms. The molecule has 0 atom stereocenters. The number of benzene rings is 2. The Labute approximate surface area is 137 Å². The van der Waals surface area contributed by atoms with Gasteiger partial charge in [-0.2, -0.15) is 0 Å². The van der Waals surface area contributed by atoms with Crippen molar-refractivity contribution >= 4 is 28.1 Å². The Morgan fingerprint density at radius 1 is 1.05 bits per heavy atom. The van der Waals surface area contributed by atoms with Gasteiger partial charge in [-0.05, 0) is 43.4 Å². The summed E-state index contributed by atoms with van der Waals surface area (Å²) in [6, 6.07) is 18.3. The van der Waals surface area contributed by atoms with Crippen LogP contribution in [0.4, 0.5) is 0 Å². The van der Waals surface area contributed by atoms with Gasteiger partial charge in [0.1, 0.15) is 0 Å². The summed E-state index contributed by atoms with van der Waals surface area (Å²) < 4.78 is 3.47. The van der Waals surface area contributed by atoms with Crippen molar-refractivity contribution < 1.29 is 0 Å². The maximum atomic E-state index is 5.43. The second-order valence-corrected chi connectivity index (χ2v) is 6.09. The van der Waals surface area contributed by atoms with Gasteiger partial charge < -0.3 is 0 Å². The first-order valence-corrected chi connectivity index (χ1v) is 7.76. The van der Waals surface area contributed by atoms with Gasteiger partial charge in [0.05, 0.1) is 5.69 Å². The van der Waals surface area contributed by atoms with Crippen LogP contribution in [0.1, 0.15) is 5.56 Å². The van der Waals surface area contributed by atoms with E-state index in [0.29, 0.717) is 4.77 Å². The van der Waals surface area contributed by atoms with Crippen molar-refractivity contribution in [1.82, 2.24) is 9.55 Å². The van der Waals surface area contributed by atoms with E-state index in [1.165, 1.54) is 5.56 Å². The molecule has 0 aliphatic heterocycles. The van der Waals surface area contributed by atoms with Gasteiger partial charge in [-0.1, -0.05) is 51.8 Å². The molecule has 0 amide bonds. The number of rotatable bonds is 2. The van der Waals surface area contributed by atoms with E-state index in [0.717, 1.165) is 21.4 Å². The third-order valence-electron chi connectivity index (χ3n) is 3.24. The lowest BCUT2D eigenvalue weighted by Gasteiger charge is -2.08. The third kappa shape index (κ3) is 3.12. The molecule has 1 heterocycles. The van der Waals surface area contributed by atoms with Crippen LogP contribution < -0.4 is 0 Å². The van der Waals surface area contributed by atoms with Crippen molar-refractivity contribution in [1.29, 1.82) is 0 Å². The maximum absolute atomic E-state index is 5.43. The summed E-state index contributed by atoms with van der Waals surface area (Å²) in [5.74, 6) is 0. The minimum atomic E-state index is 0.547. The Kier molecular flexibility index (Phi) is 3.99. The molecule has 0 unspecified atom stereocenters. The predicted molar refractivity (Wildman–Crippen MR) is 92.3 cm³/mol. The minimum Gasteiger partial charge on any atom is -0.293 e. The first-order chi connectivity index (χ1) is 10.1. The van der Waals surface area contributed by atoms with Crippen LogP contribution in [0.15, 0.2) is 65.3 Å². The number of halogens is 1. The Morgan fingerprint density at radius 2 is 1.81 bits per heavy atom. The maximum Gasteiger partial charge on any atom is 0.204 e. The lowest BCUT2D eigenvalue weighted by Crippen LogP contribution is -1.99. The fourth-order valence-electron chi connectivity index (χ4n) is 2.11. The number of hydrogen-bond donors (Lipinski definition) is 0. The number of aryl methyl sites for hydroxylation is 1. The van der Waals surface area contributed by atoms with Crippen molar-refractivity contribution in [2.75, 3.05) is 0 Å². The van der Waals surface area contributed by atoms with Crippen LogP contribution in [0.25, 0.3) is 16.9 Å². The smallest absolute Gasteiger partial charge is 0.204 e. The zero-order valence-corrected chi connectivity index (χ0v) is 13.9. The second-order valence-electron chi connectivity index (χ2n) is 4.81. The summed E-state index contributed by atoms with van der Waals surface area (Å²) in [4.78, 5) is 4.54. The first kappa shape index (κ1) is 14.2. The van der Waals surface area contributed by atoms with Crippen LogP contribution in [0, 0.1) is 11.7 Å². The summed E-state index contributed by atoms with van der Waals surface area (Å²) in [6.07, 6.45) is 1.96. The van der Waals surface area contributed by atoms with Gasteiger partial charge in [-0.25, -0.2) is 4.98 Å². The lowest BCUT2D eigenvalue weighted by atomic mass is 10.1. The molecule has 0 saturated heterocycles. The molecule has 4 heteroatoms. The topological polar surface area (TPSA) is 17.8 Å². The minimum absolute atomic E-state index is 0.547. The van der Waals surface area contributed by atoms with Crippen LogP contribution in [0.2, 0.25) is 0 Å². The molecule has 2 nitrogen and oxygen atoms in total. The zero-order valence-electron chi connectivity index (χ0n) is 11.5. The highest BCUT2D eigenvalue weighted by Crippen LogP contribution is 2.20. The van der Waals surface area contributed by atoms with E-state index in [4.69, 9.17) is 12.2 Å². The van der Waals surface area contributed by atoms with Crippen LogP contribution in [0.3, 0.4) is 0 Å². The number of nitrogens with zero attached hydrogens (tertiary/aromatic N) is 2. The number of hydrogen-bond acceptors (Lipinski definition) is 2. The Morgan fingerprint density at radius 3 is 2.48 bits per heavy atom. The van der Waals surface area contributed by atoms with Gasteiger partial charge in [-0.3, -0.25) is 4.57 Å². The lowest BCUT2D eigenvalue weighted by molar-refractivity contribution is 0.959. The van der Waals surface area contributed by atoms with E-state index >= 15 is 0 Å². The first-order valence-electron chi connectivity index (χ1n) is 6.56. The van der Waals surface area contributed by atoms with E-state index in [2.05, 4.69) is 52.1 Å². The monoisotopic (exact) mass is 356 g/mol. The van der Waals surface area contributed by atoms with Crippen molar-refractivity contribution in [3.8, 4) is 16.9 Å². The summed E-state index contributed by atoms with van der Waals surface area (Å²) in [6.45, 7) is 2.07. The van der Waals surface area contributed by atoms with Gasteiger partial charge in [0, 0.05) is 21.9 Å². The van der Waals surface area contributed by atoms with Crippen molar-refractivity contribution in [3.63, 3.8) is 0 Å². The highest BCUT2D eigenvalue weighted by atomic mass is 79.9. The molecule has 2 aromatic carbocycles. The summed E-state index contributed by atoms with van der Waals surface area (Å²) >= 11 is 8.90. The van der Waals surface area contributed by atoms with Crippen LogP contribution in [-0.4, -0.2) is 9.55 Å². The average molecular weight is 357 g/mol. The van der Waals surface area contributed by atoms with E-state index < -0.39 is 0 Å². The van der Waals surface area contributed by atoms with Gasteiger partial charge in [0.25, 0.3) is 0 Å². The van der Waals surface area contributed by atoms with Gasteiger partial charge >= 0.3 is 0 Å². The second kappa shape index (κ2) is 5.92. The Bertz CT molecular complexity index is 838. The molecule has 104 valence electrons. The summed E-state index contributed by atoms with van der Waals surface area (Å²) in [7, 11) is 0. The van der Waals surface area contributed by atoms with E-state index in [1.54, 1.807) is 0 Å². The molecular weight excluding hydrogens is 344 g/mol. The van der Waals surface area contributed by atoms with Crippen molar-refractivity contribution in [3.05, 3.63) is 75.6 Å². The quantitative estimate of drug-likeness (QED) is 0.576. The fraction of sp³-hybridized carbons (Fsp3) is 0.0588. The molecule has 3 rings (SSSR count). The molecule has 21 heavy (non-hydrogen) atoms. The molecule has 0 radical (unpaired) electrons. The van der Waals surface area contributed by atoms with Gasteiger partial charge in [0.2, 0.25) is 4.77 Å². The van der Waals surface area contributed by atoms with Crippen LogP contribution in [-0.2, 0) is 0 Å². The van der Waals surface area contributed by atoms with Crippen molar-refractivity contribution in [2.45, 2.75) is 6.92 Å². The molecule has 0 N–H and O–H groups in total. The summed E-state index contributed by atoms with van der Waals surface area (Å²) in [5.41, 5.74) is 4.20. The Hall–Kier alpha value is -1.78. The average Bonchev–Trinajstić information content (AvgIpc) is 2.48. The highest BCUT2D eigenvalue weighted by molar-refractivity contribution is 9.10. The summed E-state index contributed by atoms with van der Waals surface area (Å²) in [5, 5.41) is 0. The third-order valence-corrected chi connectivity index (χ3v) is 4.02. The zero-order chi connectivity index (χ0) is 14.8. The molecule has 0 saturated carbocycles. The van der Waals surface area contributed by atoms with E-state index in [9.17, 15) is 0 Å². The molecular formula is C17H13BrN2S. The highest BCUT2D eigenvalue weighted by Gasteiger charge is 2.03. The largest absolute Gasteiger partial charge is 0.293 e. The van der Waals surface area contributed by atoms with Crippen LogP contribution in [0.5, 0.6) is 0 Å². The fourth-order valence-corrected chi connectivity index (χ4v) is 2.76. The molecule has 0 fully saturated rings. The van der Waals surface area contributed by atoms with E-state index in [1.807, 2.05) is 41.1 Å². The molecule has 1 aromatic heterocycles. The predicted octanol–water partition coefficient (Wildman–Crippen LogP) is 5.34. The van der Waals surface area contributed by atoms with Crippen molar-refractivity contribution in [2.24, 2.45) is 0 Å². The number of aromatic nitrogens is 2. The standard InChI is InChI=1S/C17H13BrN2S/c1-12-5-7-13(8-6-12)16-9-10-20(17(21)19-16)15-4-2-3-14(18)11-15/h2-11H,1H3. The van der Waals surface area contributed by atoms with Gasteiger partial charge in [-0.15, -0.1) is 0 Å². The van der Waals surface area contributed by atoms with Gasteiger partial charge in [0.15, 0.2) is 0 Å². The molecule has 0 spiro atoms. The SMILES string of the molecule is Cc1ccc(-c2ccn(-c3cccc(Br)c3)c(=S)n2)cc1. The normalized spacial score (nSPS) is 10.6. The van der Waals surface area contributed by atoms with E-state index in [-0.39, 0.29) is 0 Å². The Balaban J connectivity index is 2.04. The molecule has 0 aliphatic carbocycles. The molecule has 0 aliphatic rings.